The fraction of sp³-hybridized carbons (Fsp3) is 0.533. The number of carbonyl (C=O) groups is 4. The molecule has 3 N–H and O–H groups in total. The van der Waals surface area contributed by atoms with Crippen LogP contribution in [0.2, 0.25) is 0 Å². The van der Waals surface area contributed by atoms with E-state index in [1.807, 2.05) is 0 Å². The number of rotatable bonds is 9. The fourth-order valence-corrected chi connectivity index (χ4v) is 6.02. The number of carboxylic acids is 2. The molecule has 0 radical (unpaired) electrons. The highest BCUT2D eigenvalue weighted by atomic mass is 32.2. The Morgan fingerprint density at radius 2 is 2.13 bits per heavy atom. The van der Waals surface area contributed by atoms with Gasteiger partial charge in [-0.25, -0.2) is 9.48 Å². The molecule has 3 heterocycles. The molecule has 0 aromatic carbocycles. The van der Waals surface area contributed by atoms with Gasteiger partial charge in [0, 0.05) is 25.7 Å². The lowest BCUT2D eigenvalue weighted by Gasteiger charge is -2.55. The molecule has 31 heavy (non-hydrogen) atoms. The Balaban J connectivity index is 1.84. The van der Waals surface area contributed by atoms with Crippen LogP contribution in [0.1, 0.15) is 0 Å². The van der Waals surface area contributed by atoms with Crippen LogP contribution in [-0.2, 0) is 31.0 Å². The summed E-state index contributed by atoms with van der Waals surface area (Å²) in [6.07, 6.45) is 1.45. The monoisotopic (exact) mass is 490 g/mol. The lowest BCUT2D eigenvalue weighted by Crippen LogP contribution is -2.81. The first-order valence-corrected chi connectivity index (χ1v) is 11.9. The van der Waals surface area contributed by atoms with Crippen molar-refractivity contribution in [3.63, 3.8) is 0 Å². The number of fused-ring (bicyclic) bond motifs is 1. The van der Waals surface area contributed by atoms with E-state index in [4.69, 9.17) is 4.74 Å². The number of nitrogens with zero attached hydrogens (tertiary/aromatic N) is 5. The van der Waals surface area contributed by atoms with Gasteiger partial charge in [0.1, 0.15) is 11.1 Å². The SMILES string of the molecule is CO[C@@]1(NC(=O)C(SC)C(=O)O)C(=O)N2C(C(=O)O)=C(CSc3nnnn3C)CS[C@H]21. The van der Waals surface area contributed by atoms with E-state index in [9.17, 15) is 29.4 Å². The molecular weight excluding hydrogens is 472 g/mol. The Labute approximate surface area is 188 Å². The smallest absolute Gasteiger partial charge is 0.352 e. The molecule has 3 atom stereocenters. The quantitative estimate of drug-likeness (QED) is 0.163. The summed E-state index contributed by atoms with van der Waals surface area (Å²) in [6.45, 7) is 0. The van der Waals surface area contributed by atoms with Gasteiger partial charge >= 0.3 is 11.9 Å². The number of nitrogens with one attached hydrogen (secondary N) is 1. The number of tetrazole rings is 1. The summed E-state index contributed by atoms with van der Waals surface area (Å²) in [7, 11) is 2.84. The van der Waals surface area contributed by atoms with Gasteiger partial charge in [-0.3, -0.25) is 19.3 Å². The number of carbonyl (C=O) groups excluding carboxylic acids is 2. The van der Waals surface area contributed by atoms with E-state index >= 15 is 0 Å². The maximum absolute atomic E-state index is 13.0. The molecule has 1 aromatic heterocycles. The molecule has 0 aliphatic carbocycles. The Morgan fingerprint density at radius 3 is 2.65 bits per heavy atom. The Morgan fingerprint density at radius 1 is 1.42 bits per heavy atom. The van der Waals surface area contributed by atoms with Gasteiger partial charge in [-0.2, -0.15) is 0 Å². The molecule has 16 heteroatoms. The van der Waals surface area contributed by atoms with Crippen LogP contribution >= 0.6 is 35.3 Å². The van der Waals surface area contributed by atoms with Gasteiger partial charge in [0.2, 0.25) is 11.1 Å². The third kappa shape index (κ3) is 3.99. The summed E-state index contributed by atoms with van der Waals surface area (Å²) in [6, 6.07) is 0. The number of amides is 2. The van der Waals surface area contributed by atoms with Crippen molar-refractivity contribution in [1.82, 2.24) is 30.4 Å². The maximum atomic E-state index is 13.0. The zero-order chi connectivity index (χ0) is 22.9. The van der Waals surface area contributed by atoms with Crippen LogP contribution in [0.5, 0.6) is 0 Å². The van der Waals surface area contributed by atoms with Gasteiger partial charge in [-0.05, 0) is 22.3 Å². The minimum absolute atomic E-state index is 0.196. The number of aryl methyl sites for hydroxylation is 1. The second-order valence-corrected chi connectivity index (χ2v) is 9.31. The highest BCUT2D eigenvalue weighted by Crippen LogP contribution is 2.47. The Bertz CT molecular complexity index is 969. The number of aliphatic carboxylic acids is 2. The number of methoxy groups -OCH3 is 1. The third-order valence-electron chi connectivity index (χ3n) is 4.60. The number of β-lactam (4-membered cyclic amide) rings is 1. The highest BCUT2D eigenvalue weighted by Gasteiger charge is 2.67. The molecule has 0 bridgehead atoms. The van der Waals surface area contributed by atoms with Crippen molar-refractivity contribution < 1.29 is 34.1 Å². The Hall–Kier alpha value is -2.30. The van der Waals surface area contributed by atoms with Crippen molar-refractivity contribution in [3.8, 4) is 0 Å². The van der Waals surface area contributed by atoms with Crippen molar-refractivity contribution in [2.75, 3.05) is 24.9 Å². The minimum Gasteiger partial charge on any atom is -0.480 e. The first kappa shape index (κ1) is 23.4. The lowest BCUT2D eigenvalue weighted by atomic mass is 9.98. The summed E-state index contributed by atoms with van der Waals surface area (Å²) in [5, 5.41) is 30.6. The van der Waals surface area contributed by atoms with E-state index in [0.29, 0.717) is 10.7 Å². The number of hydrogen-bond acceptors (Lipinski definition) is 11. The van der Waals surface area contributed by atoms with Crippen molar-refractivity contribution in [1.29, 1.82) is 0 Å². The van der Waals surface area contributed by atoms with Gasteiger partial charge < -0.3 is 20.3 Å². The topological polar surface area (TPSA) is 177 Å². The normalized spacial score (nSPS) is 23.8. The van der Waals surface area contributed by atoms with Gasteiger partial charge in [0.25, 0.3) is 11.6 Å². The van der Waals surface area contributed by atoms with E-state index in [1.54, 1.807) is 7.05 Å². The molecule has 168 valence electrons. The predicted molar refractivity (Wildman–Crippen MR) is 110 cm³/mol. The largest absolute Gasteiger partial charge is 0.480 e. The van der Waals surface area contributed by atoms with Crippen LogP contribution < -0.4 is 5.32 Å². The van der Waals surface area contributed by atoms with Crippen molar-refractivity contribution >= 4 is 59.0 Å². The van der Waals surface area contributed by atoms with Crippen LogP contribution in [-0.4, -0.2) is 100 Å². The zero-order valence-electron chi connectivity index (χ0n) is 16.5. The second kappa shape index (κ2) is 9.05. The molecule has 1 fully saturated rings. The van der Waals surface area contributed by atoms with Crippen LogP contribution in [0.15, 0.2) is 16.4 Å². The van der Waals surface area contributed by atoms with Gasteiger partial charge in [0.05, 0.1) is 0 Å². The Kier molecular flexibility index (Phi) is 6.82. The summed E-state index contributed by atoms with van der Waals surface area (Å²) in [5.74, 6) is -3.87. The maximum Gasteiger partial charge on any atom is 0.352 e. The summed E-state index contributed by atoms with van der Waals surface area (Å²) < 4.78 is 6.74. The first-order chi connectivity index (χ1) is 14.7. The summed E-state index contributed by atoms with van der Waals surface area (Å²) in [5.41, 5.74) is -1.56. The molecule has 2 amide bonds. The van der Waals surface area contributed by atoms with Crippen LogP contribution in [0.4, 0.5) is 0 Å². The molecule has 3 rings (SSSR count). The lowest BCUT2D eigenvalue weighted by molar-refractivity contribution is -0.192. The molecular formula is C15H18N6O7S3. The van der Waals surface area contributed by atoms with Gasteiger partial charge in [-0.15, -0.1) is 28.6 Å². The highest BCUT2D eigenvalue weighted by molar-refractivity contribution is 8.01. The predicted octanol–water partition coefficient (Wildman–Crippen LogP) is -1.17. The fourth-order valence-electron chi connectivity index (χ4n) is 3.12. The van der Waals surface area contributed by atoms with E-state index in [2.05, 4.69) is 20.8 Å². The third-order valence-corrected chi connectivity index (χ3v) is 7.96. The average molecular weight is 491 g/mol. The van der Waals surface area contributed by atoms with Crippen molar-refractivity contribution in [3.05, 3.63) is 11.3 Å². The number of carboxylic acid groups (broad SMARTS) is 2. The zero-order valence-corrected chi connectivity index (χ0v) is 18.9. The summed E-state index contributed by atoms with van der Waals surface area (Å²) >= 11 is 3.22. The molecule has 2 aliphatic rings. The van der Waals surface area contributed by atoms with Gasteiger partial charge in [-0.1, -0.05) is 11.8 Å². The van der Waals surface area contributed by atoms with E-state index in [0.717, 1.165) is 16.7 Å². The van der Waals surface area contributed by atoms with Crippen LogP contribution in [0, 0.1) is 0 Å². The van der Waals surface area contributed by atoms with Crippen molar-refractivity contribution in [2.45, 2.75) is 21.5 Å². The molecule has 1 aromatic rings. The van der Waals surface area contributed by atoms with Crippen molar-refractivity contribution in [2.24, 2.45) is 7.05 Å². The molecule has 2 aliphatic heterocycles. The number of thioether (sulfide) groups is 3. The standard InChI is InChI=1S/C15H18N6O7S3/c1-20-14(17-18-19-20)31-5-6-4-30-13-15(28-2,12(27)21(13)7(6)10(23)24)16-9(22)8(29-3)11(25)26/h8,13H,4-5H2,1-3H3,(H,16,22)(H,23,24)(H,25,26)/t8?,13-,15-/m0/s1. The van der Waals surface area contributed by atoms with Gasteiger partial charge in [0.15, 0.2) is 5.25 Å². The number of ether oxygens (including phenoxy) is 1. The molecule has 0 saturated carbocycles. The number of hydrogen-bond donors (Lipinski definition) is 3. The molecule has 13 nitrogen and oxygen atoms in total. The second-order valence-electron chi connectivity index (χ2n) is 6.35. The number of aromatic nitrogens is 4. The molecule has 1 unspecified atom stereocenters. The van der Waals surface area contributed by atoms with E-state index < -0.39 is 40.1 Å². The first-order valence-electron chi connectivity index (χ1n) is 8.56. The minimum atomic E-state index is -1.85. The van der Waals surface area contributed by atoms with Crippen LogP contribution in [0.3, 0.4) is 0 Å². The molecule has 0 spiro atoms. The van der Waals surface area contributed by atoms with Crippen LogP contribution in [0.25, 0.3) is 0 Å². The van der Waals surface area contributed by atoms with E-state index in [-0.39, 0.29) is 17.2 Å². The molecule has 1 saturated heterocycles. The average Bonchev–Trinajstić information content (AvgIpc) is 3.14. The summed E-state index contributed by atoms with van der Waals surface area (Å²) in [4.78, 5) is 49.7. The van der Waals surface area contributed by atoms with E-state index in [1.165, 1.54) is 41.6 Å².